The van der Waals surface area contributed by atoms with E-state index in [1.165, 1.54) is 71.3 Å². The van der Waals surface area contributed by atoms with E-state index in [2.05, 4.69) is 0 Å². The Morgan fingerprint density at radius 3 is 1.16 bits per heavy atom. The van der Waals surface area contributed by atoms with Crippen LogP contribution in [0.1, 0.15) is 23.2 Å². The van der Waals surface area contributed by atoms with Crippen LogP contribution in [0.15, 0.2) is 60.7 Å². The van der Waals surface area contributed by atoms with Crippen molar-refractivity contribution in [1.29, 1.82) is 0 Å². The van der Waals surface area contributed by atoms with Gasteiger partial charge in [-0.15, -0.1) is 0 Å². The van der Waals surface area contributed by atoms with Gasteiger partial charge in [0.2, 0.25) is 0 Å². The summed E-state index contributed by atoms with van der Waals surface area (Å²) in [6.07, 6.45) is -15.2. The normalized spacial score (nSPS) is 15.9. The van der Waals surface area contributed by atoms with Crippen molar-refractivity contribution < 1.29 is 46.1 Å². The number of amides is 2. The monoisotopic (exact) mass is 464 g/mol. The highest BCUT2D eigenvalue weighted by Gasteiger charge is 2.45. The second-order valence-corrected chi connectivity index (χ2v) is 6.70. The first kappa shape index (κ1) is 25.1. The highest BCUT2D eigenvalue weighted by molar-refractivity contribution is 5.82. The third kappa shape index (κ3) is 6.44. The maximum atomic E-state index is 12.8. The number of aliphatic hydroxyl groups is 2. The molecule has 32 heavy (non-hydrogen) atoms. The number of rotatable bonds is 7. The van der Waals surface area contributed by atoms with Crippen molar-refractivity contribution in [3.63, 3.8) is 0 Å². The smallest absolute Gasteiger partial charge is 0.388 e. The van der Waals surface area contributed by atoms with Crippen molar-refractivity contribution in [1.82, 2.24) is 10.6 Å². The fourth-order valence-electron chi connectivity index (χ4n) is 2.89. The van der Waals surface area contributed by atoms with Gasteiger partial charge in [-0.1, -0.05) is 60.7 Å². The third-order valence-corrected chi connectivity index (χ3v) is 4.44. The zero-order valence-corrected chi connectivity index (χ0v) is 16.1. The van der Waals surface area contributed by atoms with Gasteiger partial charge in [-0.25, -0.2) is 0 Å². The molecule has 2 amide bonds. The molecule has 4 N–H and O–H groups in total. The van der Waals surface area contributed by atoms with Gasteiger partial charge >= 0.3 is 24.2 Å². The van der Waals surface area contributed by atoms with Crippen molar-refractivity contribution >= 4 is 11.8 Å². The summed E-state index contributed by atoms with van der Waals surface area (Å²) in [5.41, 5.74) is -0.129. The molecule has 2 rings (SSSR count). The Labute approximate surface area is 177 Å². The summed E-state index contributed by atoms with van der Waals surface area (Å²) in [6.45, 7) is 0. The van der Waals surface area contributed by atoms with Crippen molar-refractivity contribution in [2.75, 3.05) is 0 Å². The second-order valence-electron chi connectivity index (χ2n) is 6.70. The summed E-state index contributed by atoms with van der Waals surface area (Å²) in [7, 11) is 0. The highest BCUT2D eigenvalue weighted by Crippen LogP contribution is 2.29. The van der Waals surface area contributed by atoms with Crippen LogP contribution in [0.4, 0.5) is 26.3 Å². The van der Waals surface area contributed by atoms with Crippen LogP contribution in [-0.2, 0) is 9.59 Å². The van der Waals surface area contributed by atoms with Gasteiger partial charge in [0.05, 0.1) is 12.1 Å². The molecule has 0 saturated carbocycles. The predicted octanol–water partition coefficient (Wildman–Crippen LogP) is 2.55. The molecule has 0 spiro atoms. The van der Waals surface area contributed by atoms with Crippen LogP contribution in [0, 0.1) is 0 Å². The topological polar surface area (TPSA) is 98.7 Å². The van der Waals surface area contributed by atoms with Crippen LogP contribution in [0.3, 0.4) is 0 Å². The van der Waals surface area contributed by atoms with Gasteiger partial charge in [0.25, 0.3) is 0 Å². The number of carbonyl (C=O) groups excluding carboxylic acids is 2. The lowest BCUT2D eigenvalue weighted by atomic mass is 9.90. The number of nitrogens with one attached hydrogen (secondary N) is 2. The molecular weight excluding hydrogens is 446 g/mol. The van der Waals surface area contributed by atoms with Crippen LogP contribution in [0.5, 0.6) is 0 Å². The fraction of sp³-hybridized carbons (Fsp3) is 0.300. The molecule has 0 radical (unpaired) electrons. The molecule has 2 aromatic rings. The van der Waals surface area contributed by atoms with Gasteiger partial charge in [0, 0.05) is 0 Å². The number of halogens is 6. The molecule has 0 saturated heterocycles. The lowest BCUT2D eigenvalue weighted by molar-refractivity contribution is -0.177. The Bertz CT molecular complexity index is 830. The zero-order chi connectivity index (χ0) is 24.1. The Morgan fingerprint density at radius 2 is 0.906 bits per heavy atom. The number of benzene rings is 2. The minimum atomic E-state index is -5.33. The lowest BCUT2D eigenvalue weighted by Gasteiger charge is -2.33. The van der Waals surface area contributed by atoms with Gasteiger partial charge in [0.15, 0.2) is 0 Å². The van der Waals surface area contributed by atoms with E-state index in [0.717, 1.165) is 0 Å². The molecular formula is C20H18F6N2O4. The highest BCUT2D eigenvalue weighted by atomic mass is 19.4. The summed E-state index contributed by atoms with van der Waals surface area (Å²) in [4.78, 5) is 23.0. The van der Waals surface area contributed by atoms with Crippen LogP contribution >= 0.6 is 0 Å². The summed E-state index contributed by atoms with van der Waals surface area (Å²) < 4.78 is 76.7. The molecule has 0 aliphatic heterocycles. The molecule has 0 aromatic heterocycles. The van der Waals surface area contributed by atoms with E-state index >= 15 is 0 Å². The predicted molar refractivity (Wildman–Crippen MR) is 98.8 cm³/mol. The van der Waals surface area contributed by atoms with Gasteiger partial charge in [-0.3, -0.25) is 9.59 Å². The van der Waals surface area contributed by atoms with Crippen LogP contribution < -0.4 is 10.6 Å². The van der Waals surface area contributed by atoms with E-state index in [0.29, 0.717) is 0 Å². The molecule has 174 valence electrons. The van der Waals surface area contributed by atoms with Crippen molar-refractivity contribution in [2.24, 2.45) is 0 Å². The van der Waals surface area contributed by atoms with Crippen LogP contribution in [0.2, 0.25) is 0 Å². The first-order valence-corrected chi connectivity index (χ1v) is 9.03. The number of hydrogen-bond donors (Lipinski definition) is 4. The third-order valence-electron chi connectivity index (χ3n) is 4.44. The summed E-state index contributed by atoms with van der Waals surface area (Å²) in [5.74, 6) is -4.87. The average Bonchev–Trinajstić information content (AvgIpc) is 2.74. The maximum absolute atomic E-state index is 12.8. The minimum Gasteiger partial charge on any atom is -0.388 e. The molecule has 0 aliphatic carbocycles. The maximum Gasteiger partial charge on any atom is 0.471 e. The molecule has 4 atom stereocenters. The average molecular weight is 464 g/mol. The fourth-order valence-corrected chi connectivity index (χ4v) is 2.89. The van der Waals surface area contributed by atoms with Gasteiger partial charge in [0.1, 0.15) is 12.2 Å². The molecule has 12 heteroatoms. The van der Waals surface area contributed by atoms with Crippen LogP contribution in [0.25, 0.3) is 0 Å². The summed E-state index contributed by atoms with van der Waals surface area (Å²) in [5, 5.41) is 24.3. The van der Waals surface area contributed by atoms with Crippen molar-refractivity contribution in [3.8, 4) is 0 Å². The number of alkyl halides is 6. The van der Waals surface area contributed by atoms with Gasteiger partial charge in [-0.05, 0) is 11.1 Å². The molecule has 2 aromatic carbocycles. The minimum absolute atomic E-state index is 0.0643. The summed E-state index contributed by atoms with van der Waals surface area (Å²) >= 11 is 0. The van der Waals surface area contributed by atoms with Crippen molar-refractivity contribution in [3.05, 3.63) is 71.8 Å². The van der Waals surface area contributed by atoms with E-state index in [-0.39, 0.29) is 11.1 Å². The Hall–Kier alpha value is -3.12. The van der Waals surface area contributed by atoms with E-state index in [1.807, 2.05) is 0 Å². The van der Waals surface area contributed by atoms with Gasteiger partial charge in [-0.2, -0.15) is 26.3 Å². The molecule has 0 fully saturated rings. The number of carbonyl (C=O) groups is 2. The Kier molecular flexibility index (Phi) is 7.86. The lowest BCUT2D eigenvalue weighted by Crippen LogP contribution is -2.51. The van der Waals surface area contributed by atoms with Gasteiger partial charge < -0.3 is 20.8 Å². The quantitative estimate of drug-likeness (QED) is 0.474. The number of hydrogen-bond acceptors (Lipinski definition) is 4. The molecule has 0 aliphatic rings. The molecule has 6 nitrogen and oxygen atoms in total. The number of aliphatic hydroxyl groups excluding tert-OH is 2. The zero-order valence-electron chi connectivity index (χ0n) is 16.1. The SMILES string of the molecule is O=C(NC(c1ccccc1)C(O)C(O)C(NC(=O)C(F)(F)F)c1ccccc1)C(F)(F)F. The van der Waals surface area contributed by atoms with E-state index in [9.17, 15) is 46.1 Å². The Morgan fingerprint density at radius 1 is 0.625 bits per heavy atom. The van der Waals surface area contributed by atoms with E-state index in [4.69, 9.17) is 0 Å². The van der Waals surface area contributed by atoms with E-state index < -0.39 is 48.5 Å². The molecule has 0 heterocycles. The van der Waals surface area contributed by atoms with Crippen molar-refractivity contribution in [2.45, 2.75) is 36.6 Å². The molecule has 4 unspecified atom stereocenters. The first-order valence-electron chi connectivity index (χ1n) is 9.03. The van der Waals surface area contributed by atoms with Crippen LogP contribution in [-0.4, -0.2) is 46.6 Å². The standard InChI is InChI=1S/C20H18F6N2O4/c21-19(22,23)17(31)27-13(11-7-3-1-4-8-11)15(29)16(30)14(12-9-5-2-6-10-12)28-18(32)20(24,25)26/h1-10,13-16,29-30H,(H,27,31)(H,28,32). The second kappa shape index (κ2) is 10.0. The summed E-state index contributed by atoms with van der Waals surface area (Å²) in [6, 6.07) is 9.71. The first-order chi connectivity index (χ1) is 14.8. The van der Waals surface area contributed by atoms with E-state index in [1.54, 1.807) is 0 Å². The molecule has 0 bridgehead atoms. The largest absolute Gasteiger partial charge is 0.471 e. The Balaban J connectivity index is 2.42.